The monoisotopic (exact) mass is 254 g/mol. The maximum absolute atomic E-state index is 9.38. The molecule has 0 aromatic heterocycles. The summed E-state index contributed by atoms with van der Waals surface area (Å²) in [6, 6.07) is 7.17. The molecule has 0 radical (unpaired) electrons. The molecular weight excluding hydrogens is 232 g/mol. The van der Waals surface area contributed by atoms with E-state index in [1.54, 1.807) is 45.9 Å². The summed E-state index contributed by atoms with van der Waals surface area (Å²) in [5, 5.41) is 18.8. The van der Waals surface area contributed by atoms with Gasteiger partial charge in [0.25, 0.3) is 0 Å². The van der Waals surface area contributed by atoms with E-state index in [0.717, 1.165) is 0 Å². The fraction of sp³-hybridized carbons (Fsp3) is 0.571. The van der Waals surface area contributed by atoms with E-state index in [1.165, 1.54) is 0 Å². The number of rotatable bonds is 6. The highest BCUT2D eigenvalue weighted by molar-refractivity contribution is 5.33. The number of aliphatic hydroxyl groups excluding tert-OH is 2. The van der Waals surface area contributed by atoms with Gasteiger partial charge in [0.1, 0.15) is 23.7 Å². The van der Waals surface area contributed by atoms with Crippen LogP contribution in [-0.4, -0.2) is 34.6 Å². The zero-order chi connectivity index (χ0) is 13.7. The first-order valence-electron chi connectivity index (χ1n) is 6.19. The van der Waals surface area contributed by atoms with E-state index in [2.05, 4.69) is 0 Å². The van der Waals surface area contributed by atoms with Gasteiger partial charge in [-0.3, -0.25) is 0 Å². The smallest absolute Gasteiger partial charge is 0.123 e. The van der Waals surface area contributed by atoms with Gasteiger partial charge in [0.05, 0.1) is 12.2 Å². The molecule has 102 valence electrons. The molecule has 0 spiro atoms. The van der Waals surface area contributed by atoms with Gasteiger partial charge in [0.2, 0.25) is 0 Å². The maximum Gasteiger partial charge on any atom is 0.123 e. The topological polar surface area (TPSA) is 58.9 Å². The Morgan fingerprint density at radius 1 is 0.833 bits per heavy atom. The lowest BCUT2D eigenvalue weighted by Gasteiger charge is -2.20. The standard InChI is InChI=1S/C14H22O4/c1-9(15)11(3)17-13-6-5-7-14(8-13)18-12(4)10(2)16/h5-12,15-16H,1-4H3. The van der Waals surface area contributed by atoms with E-state index in [9.17, 15) is 10.2 Å². The summed E-state index contributed by atoms with van der Waals surface area (Å²) in [4.78, 5) is 0. The van der Waals surface area contributed by atoms with Crippen LogP contribution in [0.3, 0.4) is 0 Å². The number of hydrogen-bond donors (Lipinski definition) is 2. The minimum atomic E-state index is -0.536. The lowest BCUT2D eigenvalue weighted by Crippen LogP contribution is -2.26. The second kappa shape index (κ2) is 6.61. The average molecular weight is 254 g/mol. The molecule has 1 rings (SSSR count). The van der Waals surface area contributed by atoms with Crippen molar-refractivity contribution in [2.24, 2.45) is 0 Å². The third-order valence-electron chi connectivity index (χ3n) is 2.81. The SMILES string of the molecule is CC(O)C(C)Oc1cccc(OC(C)C(C)O)c1. The van der Waals surface area contributed by atoms with Crippen LogP contribution in [0.2, 0.25) is 0 Å². The van der Waals surface area contributed by atoms with Gasteiger partial charge in [0, 0.05) is 6.07 Å². The predicted octanol–water partition coefficient (Wildman–Crippen LogP) is 1.98. The summed E-state index contributed by atoms with van der Waals surface area (Å²) in [6.07, 6.45) is -1.64. The Hall–Kier alpha value is -1.26. The van der Waals surface area contributed by atoms with Gasteiger partial charge in [-0.1, -0.05) is 6.07 Å². The predicted molar refractivity (Wildman–Crippen MR) is 70.0 cm³/mol. The van der Waals surface area contributed by atoms with Gasteiger partial charge in [-0.05, 0) is 39.8 Å². The molecule has 1 aromatic rings. The number of aliphatic hydroxyl groups is 2. The van der Waals surface area contributed by atoms with Gasteiger partial charge < -0.3 is 19.7 Å². The van der Waals surface area contributed by atoms with Gasteiger partial charge in [-0.2, -0.15) is 0 Å². The second-order valence-electron chi connectivity index (χ2n) is 4.60. The highest BCUT2D eigenvalue weighted by Crippen LogP contribution is 2.22. The Morgan fingerprint density at radius 3 is 1.56 bits per heavy atom. The van der Waals surface area contributed by atoms with Gasteiger partial charge in [-0.25, -0.2) is 0 Å². The molecule has 1 aromatic carbocycles. The fourth-order valence-electron chi connectivity index (χ4n) is 1.25. The minimum absolute atomic E-state index is 0.283. The molecule has 0 heterocycles. The summed E-state index contributed by atoms with van der Waals surface area (Å²) in [5.41, 5.74) is 0. The quantitative estimate of drug-likeness (QED) is 0.815. The molecule has 0 bridgehead atoms. The summed E-state index contributed by atoms with van der Waals surface area (Å²) in [6.45, 7) is 6.97. The Kier molecular flexibility index (Phi) is 5.44. The molecule has 18 heavy (non-hydrogen) atoms. The molecule has 0 aliphatic heterocycles. The molecule has 0 saturated carbocycles. The van der Waals surface area contributed by atoms with Crippen LogP contribution in [0.4, 0.5) is 0 Å². The van der Waals surface area contributed by atoms with E-state index in [0.29, 0.717) is 11.5 Å². The third-order valence-corrected chi connectivity index (χ3v) is 2.81. The Balaban J connectivity index is 2.67. The van der Waals surface area contributed by atoms with Crippen molar-refractivity contribution in [3.63, 3.8) is 0 Å². The molecule has 2 N–H and O–H groups in total. The van der Waals surface area contributed by atoms with E-state index in [1.807, 2.05) is 6.07 Å². The Labute approximate surface area is 108 Å². The number of ether oxygens (including phenoxy) is 2. The molecule has 4 nitrogen and oxygen atoms in total. The first-order chi connectivity index (χ1) is 8.40. The van der Waals surface area contributed by atoms with Crippen LogP contribution in [0.15, 0.2) is 24.3 Å². The molecule has 0 aliphatic carbocycles. The van der Waals surface area contributed by atoms with E-state index in [4.69, 9.17) is 9.47 Å². The van der Waals surface area contributed by atoms with Crippen molar-refractivity contribution in [1.82, 2.24) is 0 Å². The molecule has 4 atom stereocenters. The largest absolute Gasteiger partial charge is 0.488 e. The fourth-order valence-corrected chi connectivity index (χ4v) is 1.25. The zero-order valence-electron chi connectivity index (χ0n) is 11.3. The average Bonchev–Trinajstić information content (AvgIpc) is 2.29. The first-order valence-corrected chi connectivity index (χ1v) is 6.19. The summed E-state index contributed by atoms with van der Waals surface area (Å²) >= 11 is 0. The normalized spacial score (nSPS) is 17.7. The van der Waals surface area contributed by atoms with E-state index >= 15 is 0 Å². The molecule has 0 amide bonds. The Morgan fingerprint density at radius 2 is 1.22 bits per heavy atom. The van der Waals surface area contributed by atoms with Crippen molar-refractivity contribution in [3.8, 4) is 11.5 Å². The Bertz CT molecular complexity index is 331. The van der Waals surface area contributed by atoms with Crippen LogP contribution in [0.25, 0.3) is 0 Å². The molecule has 0 fully saturated rings. The first kappa shape index (κ1) is 14.8. The second-order valence-corrected chi connectivity index (χ2v) is 4.60. The summed E-state index contributed by atoms with van der Waals surface area (Å²) < 4.78 is 11.1. The number of benzene rings is 1. The van der Waals surface area contributed by atoms with Gasteiger partial charge in [0.15, 0.2) is 0 Å². The van der Waals surface area contributed by atoms with Crippen LogP contribution < -0.4 is 9.47 Å². The molecule has 4 heteroatoms. The maximum atomic E-state index is 9.38. The molecule has 4 unspecified atom stereocenters. The number of hydrogen-bond acceptors (Lipinski definition) is 4. The minimum Gasteiger partial charge on any atom is -0.488 e. The van der Waals surface area contributed by atoms with Crippen LogP contribution in [0, 0.1) is 0 Å². The summed E-state index contributed by atoms with van der Waals surface area (Å²) in [5.74, 6) is 1.28. The van der Waals surface area contributed by atoms with E-state index < -0.39 is 12.2 Å². The van der Waals surface area contributed by atoms with Crippen molar-refractivity contribution in [2.45, 2.75) is 52.1 Å². The van der Waals surface area contributed by atoms with Crippen molar-refractivity contribution < 1.29 is 19.7 Å². The zero-order valence-corrected chi connectivity index (χ0v) is 11.3. The van der Waals surface area contributed by atoms with E-state index in [-0.39, 0.29) is 12.2 Å². The summed E-state index contributed by atoms with van der Waals surface area (Å²) in [7, 11) is 0. The van der Waals surface area contributed by atoms with Crippen molar-refractivity contribution in [1.29, 1.82) is 0 Å². The van der Waals surface area contributed by atoms with Crippen molar-refractivity contribution >= 4 is 0 Å². The van der Waals surface area contributed by atoms with Gasteiger partial charge in [-0.15, -0.1) is 0 Å². The van der Waals surface area contributed by atoms with Crippen LogP contribution in [0.1, 0.15) is 27.7 Å². The molecule has 0 aliphatic rings. The van der Waals surface area contributed by atoms with Gasteiger partial charge >= 0.3 is 0 Å². The highest BCUT2D eigenvalue weighted by atomic mass is 16.5. The van der Waals surface area contributed by atoms with Crippen LogP contribution in [-0.2, 0) is 0 Å². The molecule has 0 saturated heterocycles. The van der Waals surface area contributed by atoms with Crippen LogP contribution in [0.5, 0.6) is 11.5 Å². The van der Waals surface area contributed by atoms with Crippen molar-refractivity contribution in [3.05, 3.63) is 24.3 Å². The lowest BCUT2D eigenvalue weighted by atomic mass is 10.2. The molecular formula is C14H22O4. The lowest BCUT2D eigenvalue weighted by molar-refractivity contribution is 0.0557. The van der Waals surface area contributed by atoms with Crippen molar-refractivity contribution in [2.75, 3.05) is 0 Å². The highest BCUT2D eigenvalue weighted by Gasteiger charge is 2.13. The van der Waals surface area contributed by atoms with Crippen LogP contribution >= 0.6 is 0 Å². The third kappa shape index (κ3) is 4.55.